The zero-order valence-electron chi connectivity index (χ0n) is 30.8. The molecule has 15 heteroatoms. The maximum atomic E-state index is 14.4. The van der Waals surface area contributed by atoms with E-state index in [1.807, 2.05) is 54.6 Å². The molecule has 1 saturated heterocycles. The molecule has 0 spiro atoms. The molecule has 54 heavy (non-hydrogen) atoms. The molecule has 3 fully saturated rings. The number of carbonyl (C=O) groups excluding carboxylic acids is 5. The minimum absolute atomic E-state index is 0.108. The van der Waals surface area contributed by atoms with E-state index in [9.17, 15) is 32.4 Å². The van der Waals surface area contributed by atoms with Gasteiger partial charge in [0.25, 0.3) is 5.91 Å². The van der Waals surface area contributed by atoms with E-state index in [1.54, 1.807) is 32.9 Å². The van der Waals surface area contributed by atoms with E-state index in [4.69, 9.17) is 9.47 Å². The average molecular weight is 764 g/mol. The second kappa shape index (κ2) is 15.8. The maximum Gasteiger partial charge on any atom is 0.411 e. The fourth-order valence-corrected chi connectivity index (χ4v) is 8.41. The maximum absolute atomic E-state index is 14.4. The number of hydrogen-bond acceptors (Lipinski definition) is 9. The number of rotatable bonds is 7. The number of benzene rings is 2. The van der Waals surface area contributed by atoms with E-state index >= 15 is 0 Å². The lowest BCUT2D eigenvalue weighted by molar-refractivity contribution is -0.141. The number of allylic oxidation sites excluding steroid dienone is 1. The van der Waals surface area contributed by atoms with Crippen LogP contribution in [0.1, 0.15) is 78.6 Å². The molecular weight excluding hydrogens is 715 g/mol. The summed E-state index contributed by atoms with van der Waals surface area (Å²) < 4.78 is 39.1. The number of fused-ring (bicyclic) bond motifs is 2. The molecule has 2 aromatic carbocycles. The monoisotopic (exact) mass is 763 g/mol. The van der Waals surface area contributed by atoms with Gasteiger partial charge in [0, 0.05) is 17.9 Å². The molecule has 0 bridgehead atoms. The van der Waals surface area contributed by atoms with Gasteiger partial charge in [0.2, 0.25) is 21.8 Å². The Morgan fingerprint density at radius 3 is 2.37 bits per heavy atom. The summed E-state index contributed by atoms with van der Waals surface area (Å²) in [5, 5.41) is 7.64. The fraction of sp³-hybridized carbons (Fsp3) is 0.513. The summed E-state index contributed by atoms with van der Waals surface area (Å²) >= 11 is 0. The Labute approximate surface area is 315 Å². The first-order valence-corrected chi connectivity index (χ1v) is 20.2. The highest BCUT2D eigenvalue weighted by Crippen LogP contribution is 2.46. The van der Waals surface area contributed by atoms with Gasteiger partial charge in [0.1, 0.15) is 29.3 Å². The number of hydrogen-bond donors (Lipinski definition) is 4. The van der Waals surface area contributed by atoms with Crippen molar-refractivity contribution in [2.24, 2.45) is 5.92 Å². The summed E-state index contributed by atoms with van der Waals surface area (Å²) in [5.41, 5.74) is -0.236. The van der Waals surface area contributed by atoms with Crippen LogP contribution >= 0.6 is 0 Å². The number of amides is 5. The molecule has 2 aliphatic heterocycles. The van der Waals surface area contributed by atoms with E-state index in [0.717, 1.165) is 24.0 Å². The first-order chi connectivity index (χ1) is 25.6. The largest absolute Gasteiger partial charge is 0.444 e. The third kappa shape index (κ3) is 9.41. The summed E-state index contributed by atoms with van der Waals surface area (Å²) in [6, 6.07) is 14.4. The van der Waals surface area contributed by atoms with Crippen LogP contribution in [0.3, 0.4) is 0 Å². The molecule has 0 unspecified atom stereocenters. The molecule has 2 aliphatic carbocycles. The molecule has 290 valence electrons. The van der Waals surface area contributed by atoms with Crippen LogP contribution in [0.5, 0.6) is 0 Å². The molecule has 5 atom stereocenters. The molecule has 2 saturated carbocycles. The van der Waals surface area contributed by atoms with Gasteiger partial charge in [0.15, 0.2) is 0 Å². The molecule has 0 radical (unpaired) electrons. The van der Waals surface area contributed by atoms with Crippen molar-refractivity contribution in [2.45, 2.75) is 113 Å². The number of sulfonamides is 1. The number of para-hydroxylation sites is 1. The average Bonchev–Trinajstić information content (AvgIpc) is 4.03. The lowest BCUT2D eigenvalue weighted by Crippen LogP contribution is -2.58. The molecule has 14 nitrogen and oxygen atoms in total. The Kier molecular flexibility index (Phi) is 11.4. The number of alkyl carbamates (subject to hydrolysis) is 1. The number of nitrogens with one attached hydrogen (secondary N) is 4. The highest BCUT2D eigenvalue weighted by atomic mass is 32.2. The normalized spacial score (nSPS) is 26.2. The van der Waals surface area contributed by atoms with E-state index in [0.29, 0.717) is 31.4 Å². The number of anilines is 1. The van der Waals surface area contributed by atoms with Crippen LogP contribution < -0.4 is 20.7 Å². The van der Waals surface area contributed by atoms with Crippen molar-refractivity contribution in [3.63, 3.8) is 0 Å². The molecule has 4 aliphatic rings. The van der Waals surface area contributed by atoms with Gasteiger partial charge in [-0.3, -0.25) is 24.4 Å². The lowest BCUT2D eigenvalue weighted by atomic mass is 10.0. The predicted octanol–water partition coefficient (Wildman–Crippen LogP) is 4.77. The van der Waals surface area contributed by atoms with Gasteiger partial charge < -0.3 is 25.0 Å². The Hall–Kier alpha value is -4.92. The van der Waals surface area contributed by atoms with E-state index in [1.165, 1.54) is 4.90 Å². The number of carbonyl (C=O) groups is 5. The van der Waals surface area contributed by atoms with Gasteiger partial charge in [-0.25, -0.2) is 18.0 Å². The third-order valence-corrected chi connectivity index (χ3v) is 11.9. The van der Waals surface area contributed by atoms with Gasteiger partial charge in [-0.1, -0.05) is 73.5 Å². The minimum Gasteiger partial charge on any atom is -0.444 e. The first kappa shape index (κ1) is 38.8. The summed E-state index contributed by atoms with van der Waals surface area (Å²) in [6.07, 6.45) is 5.22. The van der Waals surface area contributed by atoms with Gasteiger partial charge in [-0.05, 0) is 70.9 Å². The molecular formula is C39H49N5O9S. The quantitative estimate of drug-likeness (QED) is 0.288. The van der Waals surface area contributed by atoms with E-state index in [-0.39, 0.29) is 25.8 Å². The van der Waals surface area contributed by atoms with Crippen LogP contribution in [-0.2, 0) is 33.9 Å². The topological polar surface area (TPSA) is 189 Å². The van der Waals surface area contributed by atoms with Crippen molar-refractivity contribution in [1.29, 1.82) is 0 Å². The fourth-order valence-electron chi connectivity index (χ4n) is 7.05. The van der Waals surface area contributed by atoms with Crippen LogP contribution in [0.4, 0.5) is 15.3 Å². The second-order valence-corrected chi connectivity index (χ2v) is 17.5. The van der Waals surface area contributed by atoms with Crippen molar-refractivity contribution in [3.05, 3.63) is 66.7 Å². The first-order valence-electron chi connectivity index (χ1n) is 18.6. The Morgan fingerprint density at radius 1 is 0.926 bits per heavy atom. The van der Waals surface area contributed by atoms with Crippen molar-refractivity contribution in [1.82, 2.24) is 20.3 Å². The Bertz CT molecular complexity index is 1890. The predicted molar refractivity (Wildman–Crippen MR) is 200 cm³/mol. The smallest absolute Gasteiger partial charge is 0.411 e. The third-order valence-electron chi connectivity index (χ3n) is 10.1. The standard InChI is InChI=1S/C39H49N5O9S/c1-38(2,3)53-37(49)41-31-19-11-6-4-5-10-16-26-23-39(26,35(47)43-54(50,51)28-20-21-28)42-33(45)32-22-27(24-44(32)34(31)46)52-36(48)40-30-18-13-12-17-29(30)25-14-8-7-9-15-25/h7-10,12-18,26-28,31-32H,4-6,11,19-24H2,1-3H3,(H,40,48)(H,41,49)(H,42,45)(H,43,47)/t26-,27-,31+,32+,39-/m1/s1. The van der Waals surface area contributed by atoms with Crippen LogP contribution in [0.2, 0.25) is 0 Å². The molecule has 2 aromatic rings. The van der Waals surface area contributed by atoms with Crippen molar-refractivity contribution >= 4 is 45.6 Å². The van der Waals surface area contributed by atoms with Gasteiger partial charge in [-0.15, -0.1) is 0 Å². The Morgan fingerprint density at radius 2 is 1.65 bits per heavy atom. The van der Waals surface area contributed by atoms with Crippen LogP contribution in [0.15, 0.2) is 66.7 Å². The highest BCUT2D eigenvalue weighted by molar-refractivity contribution is 7.91. The van der Waals surface area contributed by atoms with E-state index < -0.39 is 80.4 Å². The van der Waals surface area contributed by atoms with Gasteiger partial charge in [-0.2, -0.15) is 0 Å². The van der Waals surface area contributed by atoms with E-state index in [2.05, 4.69) is 20.7 Å². The number of ether oxygens (including phenoxy) is 2. The number of nitrogens with zero attached hydrogens (tertiary/aromatic N) is 1. The zero-order chi connectivity index (χ0) is 38.7. The Balaban J connectivity index is 1.25. The molecule has 0 aromatic heterocycles. The van der Waals surface area contributed by atoms with Crippen LogP contribution in [0, 0.1) is 5.92 Å². The summed E-state index contributed by atoms with van der Waals surface area (Å²) in [5.74, 6) is -2.57. The minimum atomic E-state index is -3.91. The molecule has 4 N–H and O–H groups in total. The summed E-state index contributed by atoms with van der Waals surface area (Å²) in [4.78, 5) is 69.8. The van der Waals surface area contributed by atoms with Crippen molar-refractivity contribution in [2.75, 3.05) is 11.9 Å². The van der Waals surface area contributed by atoms with Crippen molar-refractivity contribution in [3.8, 4) is 11.1 Å². The molecule has 2 heterocycles. The van der Waals surface area contributed by atoms with Crippen molar-refractivity contribution < 1.29 is 41.9 Å². The zero-order valence-corrected chi connectivity index (χ0v) is 31.7. The molecule has 5 amide bonds. The highest BCUT2D eigenvalue weighted by Gasteiger charge is 2.62. The summed E-state index contributed by atoms with van der Waals surface area (Å²) in [6.45, 7) is 4.95. The van der Waals surface area contributed by atoms with Crippen LogP contribution in [0.25, 0.3) is 11.1 Å². The second-order valence-electron chi connectivity index (χ2n) is 15.5. The SMILES string of the molecule is CC(C)(C)OC(=O)N[C@H]1CCCCCC=C[C@@H]2C[C@@]2(C(=O)NS(=O)(=O)C2CC2)NC(=O)[C@@H]2C[C@@H](OC(=O)Nc3ccccc3-c3ccccc3)CN2C1=O. The molecule has 6 rings (SSSR count). The van der Waals surface area contributed by atoms with Gasteiger partial charge >= 0.3 is 12.2 Å². The van der Waals surface area contributed by atoms with Gasteiger partial charge in [0.05, 0.1) is 17.5 Å². The lowest BCUT2D eigenvalue weighted by Gasteiger charge is -2.30. The summed E-state index contributed by atoms with van der Waals surface area (Å²) in [7, 11) is -3.91. The van der Waals surface area contributed by atoms with Crippen LogP contribution in [-0.4, -0.2) is 84.3 Å².